The van der Waals surface area contributed by atoms with Gasteiger partial charge in [-0.2, -0.15) is 0 Å². The molecule has 1 aliphatic heterocycles. The summed E-state index contributed by atoms with van der Waals surface area (Å²) in [5.74, 6) is 1.45. The van der Waals surface area contributed by atoms with Gasteiger partial charge in [0, 0.05) is 31.5 Å². The van der Waals surface area contributed by atoms with E-state index >= 15 is 0 Å². The third kappa shape index (κ3) is 5.21. The fraction of sp³-hybridized carbons (Fsp3) is 0.184. The van der Waals surface area contributed by atoms with Crippen LogP contribution >= 0.6 is 0 Å². The lowest BCUT2D eigenvalue weighted by molar-refractivity contribution is -0.105. The van der Waals surface area contributed by atoms with Crippen LogP contribution < -0.4 is 15.5 Å². The standard InChI is InChI=1S/C38H34N8O2/c47-26-42-35-21-34(40-25-41-35)39-22-32-24-44-23-28(27-16-17-27)20-33(36(44)43-32)45-18-19-46(37(45)48)38(29-10-4-1-5-11-29,30-12-6-2-7-13-30)31-14-8-3-9-15-31/h1-15,20-21,23-27H,16-19,22H2,(H2,39,40,41,42,47). The number of hydrogen-bond acceptors (Lipinski definition) is 6. The zero-order chi connectivity index (χ0) is 32.5. The Morgan fingerprint density at radius 2 is 1.42 bits per heavy atom. The number of amides is 3. The summed E-state index contributed by atoms with van der Waals surface area (Å²) in [6, 6.07) is 34.7. The molecule has 3 aromatic heterocycles. The highest BCUT2D eigenvalue weighted by Gasteiger charge is 2.49. The highest BCUT2D eigenvalue weighted by atomic mass is 16.2. The summed E-state index contributed by atoms with van der Waals surface area (Å²) in [6.07, 6.45) is 8.39. The van der Waals surface area contributed by atoms with Gasteiger partial charge < -0.3 is 19.9 Å². The Kier molecular flexibility index (Phi) is 7.52. The lowest BCUT2D eigenvalue weighted by Gasteiger charge is -2.43. The number of benzene rings is 3. The van der Waals surface area contributed by atoms with Crippen LogP contribution in [0.25, 0.3) is 5.65 Å². The molecule has 1 saturated heterocycles. The molecular formula is C38H34N8O2. The molecule has 0 unspecified atom stereocenters. The van der Waals surface area contributed by atoms with E-state index in [1.807, 2.05) is 75.0 Å². The molecule has 2 aliphatic rings. The Balaban J connectivity index is 1.20. The number of aromatic nitrogens is 4. The Hall–Kier alpha value is -6.03. The van der Waals surface area contributed by atoms with Crippen molar-refractivity contribution in [2.24, 2.45) is 0 Å². The molecule has 4 heterocycles. The highest BCUT2D eigenvalue weighted by molar-refractivity contribution is 5.99. The third-order valence-corrected chi connectivity index (χ3v) is 9.26. The molecule has 6 aromatic rings. The van der Waals surface area contributed by atoms with Gasteiger partial charge in [0.05, 0.1) is 17.9 Å². The molecule has 1 aliphatic carbocycles. The Morgan fingerprint density at radius 1 is 0.792 bits per heavy atom. The van der Waals surface area contributed by atoms with Gasteiger partial charge in [-0.15, -0.1) is 0 Å². The van der Waals surface area contributed by atoms with Crippen molar-refractivity contribution in [2.75, 3.05) is 28.6 Å². The predicted octanol–water partition coefficient (Wildman–Crippen LogP) is 6.42. The second-order valence-electron chi connectivity index (χ2n) is 12.2. The summed E-state index contributed by atoms with van der Waals surface area (Å²) in [5, 5.41) is 5.82. The van der Waals surface area contributed by atoms with E-state index in [0.717, 1.165) is 46.6 Å². The first-order chi connectivity index (χ1) is 23.6. The molecule has 8 rings (SSSR count). The number of carbonyl (C=O) groups excluding carboxylic acids is 2. The van der Waals surface area contributed by atoms with Crippen molar-refractivity contribution in [1.82, 2.24) is 24.3 Å². The molecule has 1 saturated carbocycles. The first-order valence-corrected chi connectivity index (χ1v) is 16.2. The highest BCUT2D eigenvalue weighted by Crippen LogP contribution is 2.46. The lowest BCUT2D eigenvalue weighted by Crippen LogP contribution is -2.50. The van der Waals surface area contributed by atoms with E-state index in [4.69, 9.17) is 4.98 Å². The molecule has 3 amide bonds. The monoisotopic (exact) mass is 634 g/mol. The number of nitrogens with zero attached hydrogens (tertiary/aromatic N) is 6. The van der Waals surface area contributed by atoms with Crippen molar-refractivity contribution in [3.05, 3.63) is 150 Å². The molecule has 10 nitrogen and oxygen atoms in total. The normalized spacial score (nSPS) is 14.8. The number of carbonyl (C=O) groups is 2. The summed E-state index contributed by atoms with van der Waals surface area (Å²) in [7, 11) is 0. The van der Waals surface area contributed by atoms with Crippen molar-refractivity contribution < 1.29 is 9.59 Å². The van der Waals surface area contributed by atoms with Crippen LogP contribution in [0.2, 0.25) is 0 Å². The summed E-state index contributed by atoms with van der Waals surface area (Å²) < 4.78 is 2.05. The first kappa shape index (κ1) is 29.4. The van der Waals surface area contributed by atoms with Crippen molar-refractivity contribution in [1.29, 1.82) is 0 Å². The minimum Gasteiger partial charge on any atom is -0.364 e. The first-order valence-electron chi connectivity index (χ1n) is 16.2. The number of fused-ring (bicyclic) bond motifs is 1. The topological polar surface area (TPSA) is 108 Å². The van der Waals surface area contributed by atoms with Crippen molar-refractivity contribution >= 4 is 35.4 Å². The average molecular weight is 635 g/mol. The van der Waals surface area contributed by atoms with Crippen molar-refractivity contribution in [3.8, 4) is 0 Å². The van der Waals surface area contributed by atoms with E-state index in [1.165, 1.54) is 11.9 Å². The van der Waals surface area contributed by atoms with Gasteiger partial charge in [-0.25, -0.2) is 19.7 Å². The van der Waals surface area contributed by atoms with Gasteiger partial charge in [0.15, 0.2) is 5.65 Å². The van der Waals surface area contributed by atoms with E-state index < -0.39 is 5.54 Å². The summed E-state index contributed by atoms with van der Waals surface area (Å²) in [5.41, 5.74) is 5.77. The number of pyridine rings is 1. The fourth-order valence-electron chi connectivity index (χ4n) is 6.93. The van der Waals surface area contributed by atoms with E-state index in [1.54, 1.807) is 6.07 Å². The molecule has 0 radical (unpaired) electrons. The van der Waals surface area contributed by atoms with Crippen LogP contribution in [0.4, 0.5) is 22.1 Å². The molecule has 0 bridgehead atoms. The number of rotatable bonds is 11. The smallest absolute Gasteiger partial charge is 0.326 e. The van der Waals surface area contributed by atoms with Crippen LogP contribution in [0, 0.1) is 0 Å². The number of hydrogen-bond donors (Lipinski definition) is 2. The molecule has 10 heteroatoms. The zero-order valence-electron chi connectivity index (χ0n) is 26.2. The number of nitrogens with one attached hydrogen (secondary N) is 2. The molecule has 0 atom stereocenters. The van der Waals surface area contributed by atoms with Gasteiger partial charge >= 0.3 is 6.03 Å². The second-order valence-corrected chi connectivity index (χ2v) is 12.2. The van der Waals surface area contributed by atoms with Crippen LogP contribution in [0.3, 0.4) is 0 Å². The molecule has 3 aromatic carbocycles. The minimum absolute atomic E-state index is 0.0692. The van der Waals surface area contributed by atoms with Crippen LogP contribution in [-0.2, 0) is 16.9 Å². The zero-order valence-corrected chi connectivity index (χ0v) is 26.2. The van der Waals surface area contributed by atoms with Gasteiger partial charge in [0.25, 0.3) is 0 Å². The summed E-state index contributed by atoms with van der Waals surface area (Å²) in [6.45, 7) is 1.44. The Morgan fingerprint density at radius 3 is 2.02 bits per heavy atom. The summed E-state index contributed by atoms with van der Waals surface area (Å²) in [4.78, 5) is 43.1. The van der Waals surface area contributed by atoms with Gasteiger partial charge in [-0.1, -0.05) is 91.0 Å². The van der Waals surface area contributed by atoms with Gasteiger partial charge in [-0.05, 0) is 47.1 Å². The fourth-order valence-corrected chi connectivity index (χ4v) is 6.93. The minimum atomic E-state index is -0.848. The SMILES string of the molecule is O=CNc1cc(NCc2cn3cc(C4CC4)cc(N4CCN(C(c5ccccc5)(c5ccccc5)c5ccccc5)C4=O)c3n2)ncn1. The van der Waals surface area contributed by atoms with Crippen molar-refractivity contribution in [2.45, 2.75) is 30.8 Å². The van der Waals surface area contributed by atoms with E-state index in [2.05, 4.69) is 69.3 Å². The predicted molar refractivity (Wildman–Crippen MR) is 185 cm³/mol. The molecule has 2 fully saturated rings. The maximum absolute atomic E-state index is 15.0. The van der Waals surface area contributed by atoms with Crippen LogP contribution in [0.5, 0.6) is 0 Å². The maximum atomic E-state index is 15.0. The molecule has 238 valence electrons. The molecular weight excluding hydrogens is 600 g/mol. The van der Waals surface area contributed by atoms with Crippen LogP contribution in [0.15, 0.2) is 122 Å². The molecule has 48 heavy (non-hydrogen) atoms. The average Bonchev–Trinajstić information content (AvgIpc) is 3.80. The third-order valence-electron chi connectivity index (χ3n) is 9.26. The van der Waals surface area contributed by atoms with Crippen molar-refractivity contribution in [3.63, 3.8) is 0 Å². The largest absolute Gasteiger partial charge is 0.364 e. The van der Waals surface area contributed by atoms with E-state index in [9.17, 15) is 9.59 Å². The van der Waals surface area contributed by atoms with Gasteiger partial charge in [0.1, 0.15) is 23.5 Å². The Bertz CT molecular complexity index is 1980. The van der Waals surface area contributed by atoms with Crippen LogP contribution in [-0.4, -0.2) is 49.8 Å². The van der Waals surface area contributed by atoms with Gasteiger partial charge in [-0.3, -0.25) is 9.69 Å². The molecule has 2 N–H and O–H groups in total. The Labute approximate surface area is 278 Å². The van der Waals surface area contributed by atoms with E-state index in [-0.39, 0.29) is 6.03 Å². The number of imidazole rings is 1. The second kappa shape index (κ2) is 12.3. The van der Waals surface area contributed by atoms with Crippen LogP contribution in [0.1, 0.15) is 46.7 Å². The molecule has 0 spiro atoms. The van der Waals surface area contributed by atoms with E-state index in [0.29, 0.717) is 43.6 Å². The number of urea groups is 1. The quantitative estimate of drug-likeness (QED) is 0.126. The number of anilines is 3. The maximum Gasteiger partial charge on any atom is 0.326 e. The lowest BCUT2D eigenvalue weighted by atomic mass is 9.75. The summed E-state index contributed by atoms with van der Waals surface area (Å²) >= 11 is 0. The van der Waals surface area contributed by atoms with Gasteiger partial charge in [0.2, 0.25) is 6.41 Å².